The highest BCUT2D eigenvalue weighted by molar-refractivity contribution is 7.89. The first-order chi connectivity index (χ1) is 17.4. The SMILES string of the molecule is COc1ccccc1N1CCN(C(=O)COc2ccc(S(=O)(=O)NCc3ccccc3)cc2Cl)CC1. The van der Waals surface area contributed by atoms with Crippen molar-refractivity contribution in [1.82, 2.24) is 9.62 Å². The number of anilines is 1. The fourth-order valence-electron chi connectivity index (χ4n) is 3.94. The fraction of sp³-hybridized carbons (Fsp3) is 0.269. The summed E-state index contributed by atoms with van der Waals surface area (Å²) >= 11 is 6.28. The number of carbonyl (C=O) groups is 1. The third-order valence-corrected chi connectivity index (χ3v) is 7.63. The number of para-hydroxylation sites is 2. The summed E-state index contributed by atoms with van der Waals surface area (Å²) < 4.78 is 38.9. The van der Waals surface area contributed by atoms with Gasteiger partial charge < -0.3 is 19.3 Å². The number of methoxy groups -OCH3 is 1. The normalized spacial score (nSPS) is 13.9. The van der Waals surface area contributed by atoms with E-state index in [2.05, 4.69) is 9.62 Å². The van der Waals surface area contributed by atoms with E-state index in [-0.39, 0.29) is 34.7 Å². The molecule has 36 heavy (non-hydrogen) atoms. The molecule has 10 heteroatoms. The molecular formula is C26H28ClN3O5S. The number of ether oxygens (including phenoxy) is 2. The van der Waals surface area contributed by atoms with Gasteiger partial charge in [0.1, 0.15) is 11.5 Å². The molecule has 1 N–H and O–H groups in total. The van der Waals surface area contributed by atoms with Crippen molar-refractivity contribution in [3.63, 3.8) is 0 Å². The Labute approximate surface area is 216 Å². The predicted molar refractivity (Wildman–Crippen MR) is 139 cm³/mol. The molecule has 3 aromatic rings. The van der Waals surface area contributed by atoms with Crippen LogP contribution in [0.15, 0.2) is 77.7 Å². The van der Waals surface area contributed by atoms with E-state index in [1.54, 1.807) is 12.0 Å². The predicted octanol–water partition coefficient (Wildman–Crippen LogP) is 3.55. The van der Waals surface area contributed by atoms with Crippen molar-refractivity contribution in [1.29, 1.82) is 0 Å². The minimum absolute atomic E-state index is 0.0227. The number of hydrogen-bond donors (Lipinski definition) is 1. The maximum absolute atomic E-state index is 12.7. The maximum Gasteiger partial charge on any atom is 0.260 e. The van der Waals surface area contributed by atoms with Gasteiger partial charge in [-0.2, -0.15) is 0 Å². The molecule has 0 saturated carbocycles. The van der Waals surface area contributed by atoms with Gasteiger partial charge in [0, 0.05) is 32.7 Å². The summed E-state index contributed by atoms with van der Waals surface area (Å²) in [7, 11) is -2.12. The first kappa shape index (κ1) is 25.8. The summed E-state index contributed by atoms with van der Waals surface area (Å²) in [5.41, 5.74) is 1.85. The zero-order chi connectivity index (χ0) is 25.5. The molecule has 0 radical (unpaired) electrons. The fourth-order valence-corrected chi connectivity index (χ4v) is 5.29. The molecule has 1 heterocycles. The van der Waals surface area contributed by atoms with E-state index in [1.807, 2.05) is 54.6 Å². The zero-order valence-corrected chi connectivity index (χ0v) is 21.5. The summed E-state index contributed by atoms with van der Waals surface area (Å²) in [4.78, 5) is 16.7. The van der Waals surface area contributed by atoms with Crippen LogP contribution >= 0.6 is 11.6 Å². The molecule has 190 valence electrons. The number of nitrogens with zero attached hydrogens (tertiary/aromatic N) is 2. The average Bonchev–Trinajstić information content (AvgIpc) is 2.91. The number of piperazine rings is 1. The lowest BCUT2D eigenvalue weighted by atomic mass is 10.2. The number of carbonyl (C=O) groups excluding carboxylic acids is 1. The van der Waals surface area contributed by atoms with Crippen LogP contribution in [0.3, 0.4) is 0 Å². The van der Waals surface area contributed by atoms with Crippen molar-refractivity contribution in [3.8, 4) is 11.5 Å². The molecule has 8 nitrogen and oxygen atoms in total. The van der Waals surface area contributed by atoms with Gasteiger partial charge in [0.2, 0.25) is 10.0 Å². The van der Waals surface area contributed by atoms with E-state index in [1.165, 1.54) is 18.2 Å². The van der Waals surface area contributed by atoms with Gasteiger partial charge in [0.05, 0.1) is 22.7 Å². The second-order valence-electron chi connectivity index (χ2n) is 8.23. The molecule has 3 aromatic carbocycles. The van der Waals surface area contributed by atoms with Crippen molar-refractivity contribution < 1.29 is 22.7 Å². The minimum atomic E-state index is -3.76. The van der Waals surface area contributed by atoms with Crippen molar-refractivity contribution in [2.75, 3.05) is 44.8 Å². The molecule has 0 atom stereocenters. The molecular weight excluding hydrogens is 502 g/mol. The van der Waals surface area contributed by atoms with E-state index in [9.17, 15) is 13.2 Å². The van der Waals surface area contributed by atoms with E-state index in [0.29, 0.717) is 26.2 Å². The molecule has 1 fully saturated rings. The number of nitrogens with one attached hydrogen (secondary N) is 1. The molecule has 1 amide bonds. The number of amides is 1. The quantitative estimate of drug-likeness (QED) is 0.456. The van der Waals surface area contributed by atoms with Gasteiger partial charge in [0.15, 0.2) is 6.61 Å². The molecule has 0 aliphatic carbocycles. The zero-order valence-electron chi connectivity index (χ0n) is 19.9. The molecule has 4 rings (SSSR count). The number of halogens is 1. The van der Waals surface area contributed by atoms with Crippen molar-refractivity contribution in [2.24, 2.45) is 0 Å². The number of rotatable bonds is 9. The minimum Gasteiger partial charge on any atom is -0.495 e. The van der Waals surface area contributed by atoms with Gasteiger partial charge in [-0.05, 0) is 35.9 Å². The Hall–Kier alpha value is -3.27. The maximum atomic E-state index is 12.7. The Morgan fingerprint density at radius 3 is 2.33 bits per heavy atom. The first-order valence-corrected chi connectivity index (χ1v) is 13.3. The molecule has 0 unspecified atom stereocenters. The van der Waals surface area contributed by atoms with E-state index < -0.39 is 10.0 Å². The Morgan fingerprint density at radius 2 is 1.64 bits per heavy atom. The van der Waals surface area contributed by atoms with Gasteiger partial charge in [-0.1, -0.05) is 54.1 Å². The van der Waals surface area contributed by atoms with Crippen LogP contribution in [0.4, 0.5) is 5.69 Å². The van der Waals surface area contributed by atoms with E-state index in [0.717, 1.165) is 17.0 Å². The third kappa shape index (κ3) is 6.29. The lowest BCUT2D eigenvalue weighted by Crippen LogP contribution is -2.50. The van der Waals surface area contributed by atoms with Crippen LogP contribution in [-0.4, -0.2) is 59.1 Å². The number of benzene rings is 3. The lowest BCUT2D eigenvalue weighted by Gasteiger charge is -2.36. The second-order valence-corrected chi connectivity index (χ2v) is 10.4. The topological polar surface area (TPSA) is 88.2 Å². The van der Waals surface area contributed by atoms with Gasteiger partial charge in [-0.3, -0.25) is 4.79 Å². The van der Waals surface area contributed by atoms with Crippen LogP contribution in [0.25, 0.3) is 0 Å². The van der Waals surface area contributed by atoms with E-state index in [4.69, 9.17) is 21.1 Å². The summed E-state index contributed by atoms with van der Waals surface area (Å²) in [5.74, 6) is 0.891. The van der Waals surface area contributed by atoms with Gasteiger partial charge in [-0.25, -0.2) is 13.1 Å². The molecule has 1 aliphatic heterocycles. The highest BCUT2D eigenvalue weighted by Crippen LogP contribution is 2.29. The van der Waals surface area contributed by atoms with E-state index >= 15 is 0 Å². The van der Waals surface area contributed by atoms with Crippen LogP contribution in [0.2, 0.25) is 5.02 Å². The summed E-state index contributed by atoms with van der Waals surface area (Å²) in [5, 5.41) is 0.117. The smallest absolute Gasteiger partial charge is 0.260 e. The standard InChI is InChI=1S/C26H28ClN3O5S/c1-34-25-10-6-5-9-23(25)29-13-15-30(16-14-29)26(31)19-35-24-12-11-21(17-22(24)27)36(32,33)28-18-20-7-3-2-4-8-20/h2-12,17,28H,13-16,18-19H2,1H3. The van der Waals surface area contributed by atoms with Gasteiger partial charge in [0.25, 0.3) is 5.91 Å². The highest BCUT2D eigenvalue weighted by Gasteiger charge is 2.23. The number of sulfonamides is 1. The summed E-state index contributed by atoms with van der Waals surface area (Å²) in [6.45, 7) is 2.44. The molecule has 1 saturated heterocycles. The van der Waals surface area contributed by atoms with Crippen LogP contribution in [-0.2, 0) is 21.4 Å². The largest absolute Gasteiger partial charge is 0.495 e. The van der Waals surface area contributed by atoms with Crippen LogP contribution < -0.4 is 19.1 Å². The monoisotopic (exact) mass is 529 g/mol. The molecule has 0 bridgehead atoms. The van der Waals surface area contributed by atoms with Crippen molar-refractivity contribution >= 4 is 33.2 Å². The van der Waals surface area contributed by atoms with Crippen LogP contribution in [0.1, 0.15) is 5.56 Å². The summed E-state index contributed by atoms with van der Waals surface area (Å²) in [6.07, 6.45) is 0. The third-order valence-electron chi connectivity index (χ3n) is 5.93. The second kappa shape index (κ2) is 11.6. The lowest BCUT2D eigenvalue weighted by molar-refractivity contribution is -0.133. The van der Waals surface area contributed by atoms with Crippen molar-refractivity contribution in [2.45, 2.75) is 11.4 Å². The van der Waals surface area contributed by atoms with Gasteiger partial charge >= 0.3 is 0 Å². The summed E-state index contributed by atoms with van der Waals surface area (Å²) in [6, 6.07) is 21.2. The molecule has 0 spiro atoms. The Bertz CT molecular complexity index is 1300. The molecule has 1 aliphatic rings. The highest BCUT2D eigenvalue weighted by atomic mass is 35.5. The Balaban J connectivity index is 1.30. The van der Waals surface area contributed by atoms with Gasteiger partial charge in [-0.15, -0.1) is 0 Å². The first-order valence-electron chi connectivity index (χ1n) is 11.5. The van der Waals surface area contributed by atoms with Crippen molar-refractivity contribution in [3.05, 3.63) is 83.4 Å². The molecule has 0 aromatic heterocycles. The number of hydrogen-bond acceptors (Lipinski definition) is 6. The average molecular weight is 530 g/mol. The Morgan fingerprint density at radius 1 is 0.944 bits per heavy atom. The van der Waals surface area contributed by atoms with Crippen LogP contribution in [0, 0.1) is 0 Å². The Kier molecular flexibility index (Phi) is 8.35. The van der Waals surface area contributed by atoms with Crippen LogP contribution in [0.5, 0.6) is 11.5 Å².